The standard InChI is InChI=1S/C17H33N5O3.HI/c1-5-18-16(20-10-9-19-15(23)13(3)4)21-14-7-11-22(12-8-14)17(24)25-6-2;/h13-14H,5-12H2,1-4H3,(H,19,23)(H2,18,20,21);1H. The van der Waals surface area contributed by atoms with E-state index < -0.39 is 0 Å². The summed E-state index contributed by atoms with van der Waals surface area (Å²) in [6.45, 7) is 11.1. The van der Waals surface area contributed by atoms with Gasteiger partial charge in [0.1, 0.15) is 0 Å². The van der Waals surface area contributed by atoms with E-state index in [1.165, 1.54) is 0 Å². The van der Waals surface area contributed by atoms with Gasteiger partial charge in [0.15, 0.2) is 5.96 Å². The Morgan fingerprint density at radius 2 is 1.85 bits per heavy atom. The van der Waals surface area contributed by atoms with Crippen LogP contribution in [0.2, 0.25) is 0 Å². The summed E-state index contributed by atoms with van der Waals surface area (Å²) in [7, 11) is 0. The monoisotopic (exact) mass is 483 g/mol. The summed E-state index contributed by atoms with van der Waals surface area (Å²) in [4.78, 5) is 29.5. The molecule has 0 aromatic heterocycles. The maximum Gasteiger partial charge on any atom is 0.409 e. The van der Waals surface area contributed by atoms with Gasteiger partial charge in [-0.15, -0.1) is 24.0 Å². The number of piperidine rings is 1. The van der Waals surface area contributed by atoms with Crippen LogP contribution in [0.4, 0.5) is 4.79 Å². The van der Waals surface area contributed by atoms with Gasteiger partial charge in [0, 0.05) is 38.1 Å². The zero-order chi connectivity index (χ0) is 18.7. The van der Waals surface area contributed by atoms with E-state index in [0.29, 0.717) is 32.8 Å². The van der Waals surface area contributed by atoms with Crippen molar-refractivity contribution < 1.29 is 14.3 Å². The summed E-state index contributed by atoms with van der Waals surface area (Å²) in [6, 6.07) is 0.272. The third kappa shape index (κ3) is 9.44. The van der Waals surface area contributed by atoms with Crippen LogP contribution in [0, 0.1) is 5.92 Å². The number of ether oxygens (including phenoxy) is 1. The van der Waals surface area contributed by atoms with Crippen LogP contribution in [0.3, 0.4) is 0 Å². The molecule has 1 aliphatic heterocycles. The molecular formula is C17H34IN5O3. The first-order valence-corrected chi connectivity index (χ1v) is 9.22. The molecule has 3 N–H and O–H groups in total. The molecule has 0 bridgehead atoms. The first kappa shape index (κ1) is 24.7. The molecule has 0 aromatic carbocycles. The number of amides is 2. The smallest absolute Gasteiger partial charge is 0.409 e. The fourth-order valence-corrected chi connectivity index (χ4v) is 2.49. The van der Waals surface area contributed by atoms with E-state index in [1.807, 2.05) is 27.7 Å². The second kappa shape index (κ2) is 13.9. The highest BCUT2D eigenvalue weighted by Crippen LogP contribution is 2.11. The summed E-state index contributed by atoms with van der Waals surface area (Å²) in [5.41, 5.74) is 0. The minimum Gasteiger partial charge on any atom is -0.450 e. The van der Waals surface area contributed by atoms with E-state index >= 15 is 0 Å². The lowest BCUT2D eigenvalue weighted by molar-refractivity contribution is -0.123. The molecule has 0 aromatic rings. The Hall–Kier alpha value is -1.26. The third-order valence-electron chi connectivity index (χ3n) is 3.91. The van der Waals surface area contributed by atoms with Gasteiger partial charge in [0.25, 0.3) is 0 Å². The fraction of sp³-hybridized carbons (Fsp3) is 0.824. The van der Waals surface area contributed by atoms with Crippen molar-refractivity contribution in [1.82, 2.24) is 20.9 Å². The largest absolute Gasteiger partial charge is 0.450 e. The highest BCUT2D eigenvalue weighted by molar-refractivity contribution is 14.0. The molecule has 8 nitrogen and oxygen atoms in total. The minimum absolute atomic E-state index is 0. The van der Waals surface area contributed by atoms with E-state index in [1.54, 1.807) is 4.90 Å². The van der Waals surface area contributed by atoms with Gasteiger partial charge in [0.05, 0.1) is 13.2 Å². The van der Waals surface area contributed by atoms with Gasteiger partial charge < -0.3 is 25.6 Å². The van der Waals surface area contributed by atoms with Crippen molar-refractivity contribution in [1.29, 1.82) is 0 Å². The number of guanidine groups is 1. The summed E-state index contributed by atoms with van der Waals surface area (Å²) < 4.78 is 5.03. The van der Waals surface area contributed by atoms with Gasteiger partial charge in [-0.1, -0.05) is 13.8 Å². The van der Waals surface area contributed by atoms with Crippen molar-refractivity contribution in [2.75, 3.05) is 39.3 Å². The number of carbonyl (C=O) groups is 2. The molecule has 9 heteroatoms. The lowest BCUT2D eigenvalue weighted by Crippen LogP contribution is -2.50. The van der Waals surface area contributed by atoms with Crippen LogP contribution in [0.15, 0.2) is 4.99 Å². The average Bonchev–Trinajstić information content (AvgIpc) is 2.59. The van der Waals surface area contributed by atoms with Gasteiger partial charge in [-0.2, -0.15) is 0 Å². The predicted molar refractivity (Wildman–Crippen MR) is 114 cm³/mol. The molecular weight excluding hydrogens is 449 g/mol. The van der Waals surface area contributed by atoms with Crippen LogP contribution in [0.5, 0.6) is 0 Å². The molecule has 0 unspecified atom stereocenters. The predicted octanol–water partition coefficient (Wildman–Crippen LogP) is 1.55. The molecule has 0 saturated carbocycles. The Morgan fingerprint density at radius 1 is 1.19 bits per heavy atom. The van der Waals surface area contributed by atoms with Crippen LogP contribution in [0.1, 0.15) is 40.5 Å². The third-order valence-corrected chi connectivity index (χ3v) is 3.91. The lowest BCUT2D eigenvalue weighted by atomic mass is 10.1. The van der Waals surface area contributed by atoms with Gasteiger partial charge in [-0.05, 0) is 26.7 Å². The van der Waals surface area contributed by atoms with Crippen LogP contribution in [-0.4, -0.2) is 68.2 Å². The average molecular weight is 483 g/mol. The molecule has 26 heavy (non-hydrogen) atoms. The minimum atomic E-state index is -0.234. The van der Waals surface area contributed by atoms with Crippen molar-refractivity contribution in [2.24, 2.45) is 10.9 Å². The Kier molecular flexibility index (Phi) is 13.2. The Morgan fingerprint density at radius 3 is 2.38 bits per heavy atom. The molecule has 2 amide bonds. The summed E-state index contributed by atoms with van der Waals surface area (Å²) in [5.74, 6) is 0.773. The number of rotatable bonds is 7. The molecule has 1 saturated heterocycles. The number of nitrogens with zero attached hydrogens (tertiary/aromatic N) is 2. The van der Waals surface area contributed by atoms with E-state index in [4.69, 9.17) is 4.74 Å². The number of hydrogen-bond donors (Lipinski definition) is 3. The number of hydrogen-bond acceptors (Lipinski definition) is 4. The zero-order valence-electron chi connectivity index (χ0n) is 16.3. The van der Waals surface area contributed by atoms with Crippen molar-refractivity contribution in [3.8, 4) is 0 Å². The molecule has 152 valence electrons. The highest BCUT2D eigenvalue weighted by Gasteiger charge is 2.23. The van der Waals surface area contributed by atoms with Crippen molar-refractivity contribution in [3.05, 3.63) is 0 Å². The van der Waals surface area contributed by atoms with E-state index in [9.17, 15) is 9.59 Å². The topological polar surface area (TPSA) is 95.1 Å². The maximum absolute atomic E-state index is 11.7. The Bertz CT molecular complexity index is 452. The quantitative estimate of drug-likeness (QED) is 0.221. The number of carbonyl (C=O) groups excluding carboxylic acids is 2. The summed E-state index contributed by atoms with van der Waals surface area (Å²) >= 11 is 0. The van der Waals surface area contributed by atoms with E-state index in [-0.39, 0.29) is 47.9 Å². The molecule has 1 aliphatic rings. The van der Waals surface area contributed by atoms with Gasteiger partial charge in [0.2, 0.25) is 5.91 Å². The highest BCUT2D eigenvalue weighted by atomic mass is 127. The number of nitrogens with one attached hydrogen (secondary N) is 3. The van der Waals surface area contributed by atoms with Crippen LogP contribution in [-0.2, 0) is 9.53 Å². The summed E-state index contributed by atoms with van der Waals surface area (Å²) in [6.07, 6.45) is 1.48. The molecule has 1 rings (SSSR count). The first-order valence-electron chi connectivity index (χ1n) is 9.22. The molecule has 0 radical (unpaired) electrons. The Labute approximate surface area is 173 Å². The zero-order valence-corrected chi connectivity index (χ0v) is 18.7. The molecule has 1 fully saturated rings. The maximum atomic E-state index is 11.7. The van der Waals surface area contributed by atoms with Crippen molar-refractivity contribution in [2.45, 2.75) is 46.6 Å². The van der Waals surface area contributed by atoms with Crippen LogP contribution < -0.4 is 16.0 Å². The second-order valence-corrected chi connectivity index (χ2v) is 6.31. The van der Waals surface area contributed by atoms with Crippen molar-refractivity contribution in [3.63, 3.8) is 0 Å². The number of likely N-dealkylation sites (tertiary alicyclic amines) is 1. The van der Waals surface area contributed by atoms with Crippen LogP contribution in [0.25, 0.3) is 0 Å². The second-order valence-electron chi connectivity index (χ2n) is 6.31. The van der Waals surface area contributed by atoms with Gasteiger partial charge >= 0.3 is 6.09 Å². The molecule has 1 heterocycles. The fourth-order valence-electron chi connectivity index (χ4n) is 2.49. The molecule has 0 atom stereocenters. The Balaban J connectivity index is 0.00000625. The van der Waals surface area contributed by atoms with Gasteiger partial charge in [-0.3, -0.25) is 9.79 Å². The number of halogens is 1. The van der Waals surface area contributed by atoms with Gasteiger partial charge in [-0.25, -0.2) is 4.79 Å². The van der Waals surface area contributed by atoms with E-state index in [2.05, 4.69) is 20.9 Å². The molecule has 0 spiro atoms. The van der Waals surface area contributed by atoms with Crippen LogP contribution >= 0.6 is 24.0 Å². The number of aliphatic imine (C=N–C) groups is 1. The first-order chi connectivity index (χ1) is 12.0. The SMILES string of the molecule is CCNC(=NCCNC(=O)C(C)C)NC1CCN(C(=O)OCC)CC1.I. The normalized spacial score (nSPS) is 15.3. The lowest BCUT2D eigenvalue weighted by Gasteiger charge is -2.32. The van der Waals surface area contributed by atoms with Crippen molar-refractivity contribution >= 4 is 41.9 Å². The summed E-state index contributed by atoms with van der Waals surface area (Å²) in [5, 5.41) is 9.48. The van der Waals surface area contributed by atoms with E-state index in [0.717, 1.165) is 25.3 Å². The molecule has 0 aliphatic carbocycles.